The molecule has 1 aliphatic rings. The van der Waals surface area contributed by atoms with E-state index in [9.17, 15) is 9.59 Å². The van der Waals surface area contributed by atoms with E-state index in [-0.39, 0.29) is 17.5 Å². The van der Waals surface area contributed by atoms with E-state index >= 15 is 0 Å². The first kappa shape index (κ1) is 12.7. The molecular formula is C15H17N3O2. The number of nitrogens with zero attached hydrogens (tertiary/aromatic N) is 1. The number of hydrogen-bond acceptors (Lipinski definition) is 3. The normalized spacial score (nSPS) is 18.9. The van der Waals surface area contributed by atoms with Crippen molar-refractivity contribution in [3.8, 4) is 0 Å². The predicted molar refractivity (Wildman–Crippen MR) is 78.8 cm³/mol. The topological polar surface area (TPSA) is 63.1 Å². The van der Waals surface area contributed by atoms with Crippen LogP contribution in [0.1, 0.15) is 12.8 Å². The maximum atomic E-state index is 12.0. The summed E-state index contributed by atoms with van der Waals surface area (Å²) >= 11 is 0. The molecule has 3 rings (SSSR count). The van der Waals surface area contributed by atoms with E-state index in [1.807, 2.05) is 24.3 Å². The fourth-order valence-electron chi connectivity index (χ4n) is 2.61. The molecule has 1 aromatic heterocycles. The van der Waals surface area contributed by atoms with Gasteiger partial charge in [0.2, 0.25) is 5.91 Å². The minimum Gasteiger partial charge on any atom is -0.380 e. The largest absolute Gasteiger partial charge is 0.380 e. The van der Waals surface area contributed by atoms with Crippen molar-refractivity contribution in [2.75, 3.05) is 11.9 Å². The molecule has 1 atom stereocenters. The average molecular weight is 271 g/mol. The van der Waals surface area contributed by atoms with Gasteiger partial charge in [-0.3, -0.25) is 9.59 Å². The van der Waals surface area contributed by atoms with Crippen LogP contribution in [0.2, 0.25) is 0 Å². The quantitative estimate of drug-likeness (QED) is 0.863. The first-order valence-electron chi connectivity index (χ1n) is 6.77. The van der Waals surface area contributed by atoms with Crippen LogP contribution in [0.3, 0.4) is 0 Å². The molecule has 2 heterocycles. The number of nitrogens with one attached hydrogen (secondary N) is 2. The zero-order valence-electron chi connectivity index (χ0n) is 11.3. The predicted octanol–water partition coefficient (Wildman–Crippen LogP) is 1.23. The van der Waals surface area contributed by atoms with E-state index < -0.39 is 0 Å². The summed E-state index contributed by atoms with van der Waals surface area (Å²) in [5, 5.41) is 7.25. The number of aryl methyl sites for hydroxylation is 1. The van der Waals surface area contributed by atoms with Crippen molar-refractivity contribution in [1.29, 1.82) is 0 Å². The van der Waals surface area contributed by atoms with Crippen molar-refractivity contribution >= 4 is 22.5 Å². The highest BCUT2D eigenvalue weighted by Gasteiger charge is 2.18. The smallest absolute Gasteiger partial charge is 0.252 e. The number of benzene rings is 1. The minimum absolute atomic E-state index is 0.0361. The molecule has 20 heavy (non-hydrogen) atoms. The van der Waals surface area contributed by atoms with Gasteiger partial charge < -0.3 is 15.2 Å². The van der Waals surface area contributed by atoms with Gasteiger partial charge >= 0.3 is 0 Å². The molecule has 1 unspecified atom stereocenters. The van der Waals surface area contributed by atoms with Crippen LogP contribution < -0.4 is 16.2 Å². The number of amides is 1. The van der Waals surface area contributed by atoms with Gasteiger partial charge in [0.15, 0.2) is 0 Å². The van der Waals surface area contributed by atoms with Crippen molar-refractivity contribution in [3.63, 3.8) is 0 Å². The molecule has 0 aliphatic carbocycles. The van der Waals surface area contributed by atoms with E-state index in [2.05, 4.69) is 10.6 Å². The standard InChI is InChI=1S/C15H17N3O2/c1-18-13-5-3-2-4-11(13)12(8-15(18)20)17-10-6-7-14(19)16-9-10/h2-5,8,10,17H,6-7,9H2,1H3,(H,16,19). The summed E-state index contributed by atoms with van der Waals surface area (Å²) in [7, 11) is 1.77. The number of pyridine rings is 1. The molecule has 5 nitrogen and oxygen atoms in total. The number of anilines is 1. The van der Waals surface area contributed by atoms with Gasteiger partial charge in [0.1, 0.15) is 0 Å². The molecule has 104 valence electrons. The van der Waals surface area contributed by atoms with Crippen molar-refractivity contribution in [1.82, 2.24) is 9.88 Å². The molecule has 1 aromatic carbocycles. The Kier molecular flexibility index (Phi) is 3.18. The average Bonchev–Trinajstić information content (AvgIpc) is 2.47. The van der Waals surface area contributed by atoms with E-state index in [4.69, 9.17) is 0 Å². The summed E-state index contributed by atoms with van der Waals surface area (Å²) in [6, 6.07) is 9.61. The van der Waals surface area contributed by atoms with E-state index in [1.54, 1.807) is 17.7 Å². The second kappa shape index (κ2) is 5.00. The van der Waals surface area contributed by atoms with Gasteiger partial charge in [0.25, 0.3) is 5.56 Å². The lowest BCUT2D eigenvalue weighted by Crippen LogP contribution is -2.42. The van der Waals surface area contributed by atoms with E-state index in [0.29, 0.717) is 13.0 Å². The van der Waals surface area contributed by atoms with Crippen LogP contribution in [0.5, 0.6) is 0 Å². The lowest BCUT2D eigenvalue weighted by Gasteiger charge is -2.25. The van der Waals surface area contributed by atoms with Crippen molar-refractivity contribution in [2.45, 2.75) is 18.9 Å². The second-order valence-electron chi connectivity index (χ2n) is 5.16. The maximum Gasteiger partial charge on any atom is 0.252 e. The number of para-hydroxylation sites is 1. The molecule has 1 saturated heterocycles. The fourth-order valence-corrected chi connectivity index (χ4v) is 2.61. The summed E-state index contributed by atoms with van der Waals surface area (Å²) < 4.78 is 1.64. The third-order valence-electron chi connectivity index (χ3n) is 3.78. The molecular weight excluding hydrogens is 254 g/mol. The summed E-state index contributed by atoms with van der Waals surface area (Å²) in [5.41, 5.74) is 1.71. The Morgan fingerprint density at radius 3 is 2.85 bits per heavy atom. The number of carbonyl (C=O) groups excluding carboxylic acids is 1. The highest BCUT2D eigenvalue weighted by Crippen LogP contribution is 2.22. The molecule has 2 aromatic rings. The van der Waals surface area contributed by atoms with Crippen LogP contribution in [0.4, 0.5) is 5.69 Å². The zero-order valence-corrected chi connectivity index (χ0v) is 11.3. The molecule has 1 aliphatic heterocycles. The third-order valence-corrected chi connectivity index (χ3v) is 3.78. The molecule has 0 spiro atoms. The number of piperidine rings is 1. The first-order valence-corrected chi connectivity index (χ1v) is 6.77. The lowest BCUT2D eigenvalue weighted by atomic mass is 10.1. The highest BCUT2D eigenvalue weighted by atomic mass is 16.1. The fraction of sp³-hybridized carbons (Fsp3) is 0.333. The maximum absolute atomic E-state index is 12.0. The van der Waals surface area contributed by atoms with Gasteiger partial charge in [-0.05, 0) is 12.5 Å². The number of hydrogen-bond donors (Lipinski definition) is 2. The summed E-state index contributed by atoms with van der Waals surface area (Å²) in [6.45, 7) is 0.600. The van der Waals surface area contributed by atoms with Gasteiger partial charge in [-0.15, -0.1) is 0 Å². The Morgan fingerprint density at radius 1 is 1.30 bits per heavy atom. The molecule has 1 fully saturated rings. The van der Waals surface area contributed by atoms with Crippen LogP contribution >= 0.6 is 0 Å². The Balaban J connectivity index is 1.97. The van der Waals surface area contributed by atoms with Crippen molar-refractivity contribution in [3.05, 3.63) is 40.7 Å². The highest BCUT2D eigenvalue weighted by molar-refractivity contribution is 5.91. The zero-order chi connectivity index (χ0) is 14.1. The molecule has 1 amide bonds. The Bertz CT molecular complexity index is 711. The molecule has 0 saturated carbocycles. The summed E-state index contributed by atoms with van der Waals surface area (Å²) in [4.78, 5) is 23.2. The molecule has 0 bridgehead atoms. The number of fused-ring (bicyclic) bond motifs is 1. The molecule has 0 radical (unpaired) electrons. The Morgan fingerprint density at radius 2 is 2.10 bits per heavy atom. The molecule has 5 heteroatoms. The minimum atomic E-state index is -0.0361. The van der Waals surface area contributed by atoms with Crippen LogP contribution in [-0.4, -0.2) is 23.1 Å². The summed E-state index contributed by atoms with van der Waals surface area (Å²) in [6.07, 6.45) is 1.32. The number of carbonyl (C=O) groups is 1. The van der Waals surface area contributed by atoms with Gasteiger partial charge in [0.05, 0.1) is 5.52 Å². The van der Waals surface area contributed by atoms with Gasteiger partial charge in [0, 0.05) is 43.2 Å². The molecule has 2 N–H and O–H groups in total. The van der Waals surface area contributed by atoms with Crippen LogP contribution in [0, 0.1) is 0 Å². The monoisotopic (exact) mass is 271 g/mol. The SMILES string of the molecule is Cn1c(=O)cc(NC2CCC(=O)NC2)c2ccccc21. The Hall–Kier alpha value is -2.30. The van der Waals surface area contributed by atoms with Crippen molar-refractivity contribution < 1.29 is 4.79 Å². The summed E-state index contributed by atoms with van der Waals surface area (Å²) in [5.74, 6) is 0.0943. The van der Waals surface area contributed by atoms with Crippen LogP contribution in [0.15, 0.2) is 35.1 Å². The van der Waals surface area contributed by atoms with Gasteiger partial charge in [-0.25, -0.2) is 0 Å². The Labute approximate surface area is 116 Å². The second-order valence-corrected chi connectivity index (χ2v) is 5.16. The third kappa shape index (κ3) is 2.27. The number of rotatable bonds is 2. The van der Waals surface area contributed by atoms with E-state index in [1.165, 1.54) is 0 Å². The van der Waals surface area contributed by atoms with E-state index in [0.717, 1.165) is 23.0 Å². The first-order chi connectivity index (χ1) is 9.65. The van der Waals surface area contributed by atoms with Crippen LogP contribution in [0.25, 0.3) is 10.9 Å². The number of aromatic nitrogens is 1. The van der Waals surface area contributed by atoms with Gasteiger partial charge in [-0.1, -0.05) is 18.2 Å². The van der Waals surface area contributed by atoms with Crippen molar-refractivity contribution in [2.24, 2.45) is 7.05 Å². The van der Waals surface area contributed by atoms with Crippen LogP contribution in [-0.2, 0) is 11.8 Å². The lowest BCUT2D eigenvalue weighted by molar-refractivity contribution is -0.122. The van der Waals surface area contributed by atoms with Gasteiger partial charge in [-0.2, -0.15) is 0 Å².